The summed E-state index contributed by atoms with van der Waals surface area (Å²) in [6.45, 7) is 4.62. The SMILES string of the molecule is CC1(C)c2ccccc2N(c2ccccc2)c2ccc(-c3ccn(-c4[c-]c(Oc5[c-]c6c(cc5)c5cccnc5n5c7ccccc7nc65)ccc4)n3)cc21.[Pt+2]. The molecule has 7 nitrogen and oxygen atoms in total. The fraction of sp³-hybridized carbons (Fsp3) is 0.0625. The van der Waals surface area contributed by atoms with Gasteiger partial charge in [-0.25, -0.2) is 4.98 Å². The zero-order valence-electron chi connectivity index (χ0n) is 30.4. The number of ether oxygens (including phenoxy) is 1. The predicted molar refractivity (Wildman–Crippen MR) is 219 cm³/mol. The van der Waals surface area contributed by atoms with E-state index in [1.807, 2.05) is 65.6 Å². The van der Waals surface area contributed by atoms with E-state index >= 15 is 0 Å². The third-order valence-corrected chi connectivity index (χ3v) is 10.8. The molecule has 0 fully saturated rings. The smallest absolute Gasteiger partial charge is 0.503 e. The van der Waals surface area contributed by atoms with Crippen molar-refractivity contribution in [3.8, 4) is 28.4 Å². The Balaban J connectivity index is 0.00000384. The molecular formula is C48H32N6OPt. The van der Waals surface area contributed by atoms with Crippen LogP contribution in [0.1, 0.15) is 25.0 Å². The van der Waals surface area contributed by atoms with Crippen molar-refractivity contribution in [1.29, 1.82) is 0 Å². The minimum Gasteiger partial charge on any atom is -0.503 e. The molecule has 0 unspecified atom stereocenters. The largest absolute Gasteiger partial charge is 2.00 e. The summed E-state index contributed by atoms with van der Waals surface area (Å²) < 4.78 is 10.4. The summed E-state index contributed by atoms with van der Waals surface area (Å²) in [6.07, 6.45) is 3.79. The Morgan fingerprint density at radius 3 is 2.36 bits per heavy atom. The van der Waals surface area contributed by atoms with Gasteiger partial charge in [-0.05, 0) is 76.8 Å². The Labute approximate surface area is 337 Å². The molecule has 6 aromatic carbocycles. The van der Waals surface area contributed by atoms with Crippen LogP contribution in [0.2, 0.25) is 0 Å². The number of aromatic nitrogens is 5. The number of fused-ring (bicyclic) bond motifs is 10. The van der Waals surface area contributed by atoms with Crippen LogP contribution in [-0.2, 0) is 26.5 Å². The van der Waals surface area contributed by atoms with E-state index < -0.39 is 0 Å². The van der Waals surface area contributed by atoms with Crippen LogP contribution in [0.5, 0.6) is 11.5 Å². The quantitative estimate of drug-likeness (QED) is 0.127. The van der Waals surface area contributed by atoms with Crippen LogP contribution in [0.3, 0.4) is 0 Å². The molecule has 0 spiro atoms. The molecule has 0 amide bonds. The van der Waals surface area contributed by atoms with Crippen molar-refractivity contribution >= 4 is 55.5 Å². The zero-order chi connectivity index (χ0) is 36.7. The summed E-state index contributed by atoms with van der Waals surface area (Å²) in [6, 6.07) is 57.0. The molecule has 8 heteroatoms. The van der Waals surface area contributed by atoms with Crippen LogP contribution in [0, 0.1) is 12.1 Å². The van der Waals surface area contributed by atoms with Crippen molar-refractivity contribution in [3.63, 3.8) is 0 Å². The first kappa shape index (κ1) is 34.0. The van der Waals surface area contributed by atoms with Gasteiger partial charge in [-0.15, -0.1) is 30.3 Å². The Kier molecular flexibility index (Phi) is 7.91. The molecule has 0 saturated heterocycles. The average Bonchev–Trinajstić information content (AvgIpc) is 3.88. The minimum atomic E-state index is -0.212. The molecular weight excluding hydrogens is 872 g/mol. The number of benzene rings is 6. The first-order chi connectivity index (χ1) is 27.0. The zero-order valence-corrected chi connectivity index (χ0v) is 32.7. The van der Waals surface area contributed by atoms with Crippen molar-refractivity contribution in [3.05, 3.63) is 181 Å². The van der Waals surface area contributed by atoms with Crippen LogP contribution >= 0.6 is 0 Å². The fourth-order valence-corrected chi connectivity index (χ4v) is 8.21. The van der Waals surface area contributed by atoms with E-state index in [0.717, 1.165) is 61.1 Å². The van der Waals surface area contributed by atoms with Gasteiger partial charge < -0.3 is 14.0 Å². The summed E-state index contributed by atoms with van der Waals surface area (Å²) in [5, 5.41) is 7.94. The van der Waals surface area contributed by atoms with Gasteiger partial charge in [0.2, 0.25) is 0 Å². The molecule has 1 aliphatic rings. The van der Waals surface area contributed by atoms with Gasteiger partial charge in [-0.2, -0.15) is 11.2 Å². The van der Waals surface area contributed by atoms with Crippen LogP contribution in [0.15, 0.2) is 158 Å². The molecule has 4 aromatic heterocycles. The molecule has 1 aliphatic heterocycles. The van der Waals surface area contributed by atoms with Crippen molar-refractivity contribution in [1.82, 2.24) is 24.1 Å². The number of hydrogen-bond acceptors (Lipinski definition) is 5. The molecule has 10 aromatic rings. The number of nitrogens with zero attached hydrogens (tertiary/aromatic N) is 6. The Morgan fingerprint density at radius 1 is 0.643 bits per heavy atom. The first-order valence-electron chi connectivity index (χ1n) is 18.4. The van der Waals surface area contributed by atoms with Gasteiger partial charge in [0, 0.05) is 40.6 Å². The van der Waals surface area contributed by atoms with Crippen LogP contribution in [0.25, 0.3) is 55.4 Å². The molecule has 11 rings (SSSR count). The molecule has 0 atom stereocenters. The fourth-order valence-electron chi connectivity index (χ4n) is 8.21. The number of rotatable bonds is 5. The summed E-state index contributed by atoms with van der Waals surface area (Å²) >= 11 is 0. The third kappa shape index (κ3) is 5.26. The second-order valence-corrected chi connectivity index (χ2v) is 14.4. The number of hydrogen-bond donors (Lipinski definition) is 0. The Morgan fingerprint density at radius 2 is 1.45 bits per heavy atom. The molecule has 0 bridgehead atoms. The van der Waals surface area contributed by atoms with E-state index in [-0.39, 0.29) is 26.5 Å². The van der Waals surface area contributed by atoms with Crippen LogP contribution in [-0.4, -0.2) is 24.1 Å². The number of imidazole rings is 1. The van der Waals surface area contributed by atoms with Gasteiger partial charge in [0.15, 0.2) is 0 Å². The summed E-state index contributed by atoms with van der Waals surface area (Å²) in [4.78, 5) is 12.1. The Bertz CT molecular complexity index is 3130. The van der Waals surface area contributed by atoms with E-state index in [2.05, 4.69) is 132 Å². The molecule has 270 valence electrons. The molecule has 0 N–H and O–H groups in total. The summed E-state index contributed by atoms with van der Waals surface area (Å²) in [7, 11) is 0. The predicted octanol–water partition coefficient (Wildman–Crippen LogP) is 11.5. The van der Waals surface area contributed by atoms with E-state index in [0.29, 0.717) is 11.5 Å². The Hall–Kier alpha value is -6.56. The van der Waals surface area contributed by atoms with Gasteiger partial charge >= 0.3 is 21.1 Å². The molecule has 0 saturated carbocycles. The van der Waals surface area contributed by atoms with E-state index in [9.17, 15) is 0 Å². The third-order valence-electron chi connectivity index (χ3n) is 10.8. The topological polar surface area (TPSA) is 60.5 Å². The van der Waals surface area contributed by atoms with Crippen molar-refractivity contribution in [2.24, 2.45) is 0 Å². The second-order valence-electron chi connectivity index (χ2n) is 14.4. The molecule has 56 heavy (non-hydrogen) atoms. The maximum absolute atomic E-state index is 6.43. The monoisotopic (exact) mass is 903 g/mol. The minimum absolute atomic E-state index is 0. The van der Waals surface area contributed by atoms with Gasteiger partial charge in [0.1, 0.15) is 5.65 Å². The number of anilines is 3. The maximum Gasteiger partial charge on any atom is 2.00 e. The first-order valence-corrected chi connectivity index (χ1v) is 18.4. The summed E-state index contributed by atoms with van der Waals surface area (Å²) in [5.74, 6) is 1.13. The maximum atomic E-state index is 6.43. The van der Waals surface area contributed by atoms with Crippen LogP contribution in [0.4, 0.5) is 17.1 Å². The molecule has 0 aliphatic carbocycles. The van der Waals surface area contributed by atoms with Crippen molar-refractivity contribution in [2.45, 2.75) is 19.3 Å². The van der Waals surface area contributed by atoms with E-state index in [1.165, 1.54) is 22.5 Å². The van der Waals surface area contributed by atoms with E-state index in [4.69, 9.17) is 19.8 Å². The van der Waals surface area contributed by atoms with Crippen molar-refractivity contribution < 1.29 is 25.8 Å². The van der Waals surface area contributed by atoms with Crippen molar-refractivity contribution in [2.75, 3.05) is 4.90 Å². The second kappa shape index (κ2) is 13.0. The van der Waals surface area contributed by atoms with E-state index in [1.54, 1.807) is 0 Å². The van der Waals surface area contributed by atoms with Gasteiger partial charge in [0.25, 0.3) is 0 Å². The van der Waals surface area contributed by atoms with Gasteiger partial charge in [0.05, 0.1) is 33.7 Å². The average molecular weight is 904 g/mol. The van der Waals surface area contributed by atoms with Crippen LogP contribution < -0.4 is 9.64 Å². The summed E-state index contributed by atoms with van der Waals surface area (Å²) in [5.41, 5.74) is 12.1. The molecule has 5 heterocycles. The normalized spacial score (nSPS) is 13.1. The number of pyridine rings is 2. The van der Waals surface area contributed by atoms with Gasteiger partial charge in [-0.3, -0.25) is 9.67 Å². The standard InChI is InChI=1S/C48H32N6O.Pt/c1-48(2)39-17-6-8-19-43(39)53(32-12-4-3-5-13-32)44-24-21-31(28-40(44)48)41-25-27-52(51-41)33-14-10-15-34(29-33)55-35-22-23-36-37-16-11-26-49-46(37)54-45-20-9-7-18-42(45)50-47(54)38(36)30-35;/h3-28H,1-2H3;/q-2;+2. The van der Waals surface area contributed by atoms with Gasteiger partial charge in [-0.1, -0.05) is 91.3 Å². The number of para-hydroxylation sites is 4. The molecule has 0 radical (unpaired) electrons.